The van der Waals surface area contributed by atoms with Gasteiger partial charge in [0, 0.05) is 12.0 Å². The Hall–Kier alpha value is -3.44. The number of benzene rings is 1. The molecule has 26 heavy (non-hydrogen) atoms. The molecular weight excluding hydrogens is 322 g/mol. The lowest BCUT2D eigenvalue weighted by atomic mass is 9.78. The van der Waals surface area contributed by atoms with Gasteiger partial charge in [-0.05, 0) is 78.8 Å². The summed E-state index contributed by atoms with van der Waals surface area (Å²) in [6, 6.07) is 9.88. The number of hydrogen-bond donors (Lipinski definition) is 0. The Morgan fingerprint density at radius 1 is 1.12 bits per heavy atom. The van der Waals surface area contributed by atoms with Crippen molar-refractivity contribution in [2.75, 3.05) is 0 Å². The first-order chi connectivity index (χ1) is 12.7. The zero-order valence-electron chi connectivity index (χ0n) is 14.5. The van der Waals surface area contributed by atoms with Gasteiger partial charge in [-0.2, -0.15) is 5.26 Å². The van der Waals surface area contributed by atoms with Gasteiger partial charge in [0.2, 0.25) is 0 Å². The van der Waals surface area contributed by atoms with E-state index in [4.69, 9.17) is 10.00 Å². The minimum atomic E-state index is -0.508. The van der Waals surface area contributed by atoms with Gasteiger partial charge < -0.3 is 4.74 Å². The molecule has 0 heterocycles. The standard InChI is InChI=1S/C23H19NO2/c1-3-5-6-7-8-22(26-23(25)4-2)21-15-13-20(14-16-21)19-11-9-18(17-24)10-12-19/h4,9-12,20-21H,1-2,13-16H2. The van der Waals surface area contributed by atoms with Gasteiger partial charge in [-0.25, -0.2) is 4.79 Å². The summed E-state index contributed by atoms with van der Waals surface area (Å²) in [5, 5.41) is 8.90. The van der Waals surface area contributed by atoms with E-state index in [0.29, 0.717) is 17.2 Å². The van der Waals surface area contributed by atoms with Crippen LogP contribution in [-0.4, -0.2) is 5.97 Å². The van der Waals surface area contributed by atoms with Crippen LogP contribution < -0.4 is 0 Å². The van der Waals surface area contributed by atoms with Crippen LogP contribution in [0.25, 0.3) is 0 Å². The van der Waals surface area contributed by atoms with Gasteiger partial charge in [0.1, 0.15) is 0 Å². The molecule has 0 spiro atoms. The molecule has 1 aliphatic rings. The maximum atomic E-state index is 11.6. The summed E-state index contributed by atoms with van der Waals surface area (Å²) in [5.74, 6) is 0.479. The third-order valence-corrected chi connectivity index (χ3v) is 4.39. The molecule has 0 radical (unpaired) electrons. The second-order valence-corrected chi connectivity index (χ2v) is 5.95. The van der Waals surface area contributed by atoms with Gasteiger partial charge in [-0.3, -0.25) is 0 Å². The third-order valence-electron chi connectivity index (χ3n) is 4.39. The number of allylic oxidation sites excluding steroid dienone is 1. The van der Waals surface area contributed by atoms with E-state index in [9.17, 15) is 4.79 Å². The summed E-state index contributed by atoms with van der Waals surface area (Å²) in [6.07, 6.45) is 4.83. The number of carbonyl (C=O) groups is 1. The van der Waals surface area contributed by atoms with Crippen LogP contribution in [-0.2, 0) is 9.53 Å². The fourth-order valence-corrected chi connectivity index (χ4v) is 3.05. The molecule has 0 unspecified atom stereocenters. The van der Waals surface area contributed by atoms with Gasteiger partial charge in [0.05, 0.1) is 11.6 Å². The highest BCUT2D eigenvalue weighted by Gasteiger charge is 2.26. The molecule has 1 aromatic rings. The lowest BCUT2D eigenvalue weighted by Gasteiger charge is -2.28. The lowest BCUT2D eigenvalue weighted by molar-refractivity contribution is -0.134. The second-order valence-electron chi connectivity index (χ2n) is 5.95. The van der Waals surface area contributed by atoms with Crippen molar-refractivity contribution in [3.63, 3.8) is 0 Å². The van der Waals surface area contributed by atoms with Crippen LogP contribution >= 0.6 is 0 Å². The number of nitrogens with zero attached hydrogens (tertiary/aromatic N) is 1. The minimum Gasteiger partial charge on any atom is -0.418 e. The summed E-state index contributed by atoms with van der Waals surface area (Å²) in [7, 11) is 0. The molecule has 1 aliphatic carbocycles. The molecular formula is C23H19NO2. The van der Waals surface area contributed by atoms with Gasteiger partial charge in [-0.15, -0.1) is 0 Å². The quantitative estimate of drug-likeness (QED) is 0.340. The van der Waals surface area contributed by atoms with Gasteiger partial charge >= 0.3 is 5.97 Å². The normalized spacial score (nSPS) is 17.8. The van der Waals surface area contributed by atoms with Crippen molar-refractivity contribution in [3.8, 4) is 6.07 Å². The highest BCUT2D eigenvalue weighted by atomic mass is 16.5. The molecule has 0 aromatic heterocycles. The molecule has 1 fully saturated rings. The molecule has 1 saturated carbocycles. The molecule has 0 N–H and O–H groups in total. The first-order valence-electron chi connectivity index (χ1n) is 8.42. The molecule has 0 amide bonds. The number of carbonyl (C=O) groups excluding carboxylic acids is 1. The van der Waals surface area contributed by atoms with Crippen molar-refractivity contribution in [1.82, 2.24) is 0 Å². The molecule has 2 rings (SSSR count). The summed E-state index contributed by atoms with van der Waals surface area (Å²) in [5.41, 5.74) is 15.0. The van der Waals surface area contributed by atoms with Crippen LogP contribution in [0.2, 0.25) is 0 Å². The van der Waals surface area contributed by atoms with Crippen molar-refractivity contribution < 1.29 is 9.53 Å². The van der Waals surface area contributed by atoms with E-state index in [1.165, 1.54) is 5.56 Å². The Bertz CT molecular complexity index is 907. The topological polar surface area (TPSA) is 50.1 Å². The first-order valence-corrected chi connectivity index (χ1v) is 8.42. The van der Waals surface area contributed by atoms with Crippen molar-refractivity contribution in [3.05, 3.63) is 89.0 Å². The number of esters is 1. The number of nitriles is 1. The molecule has 3 heteroatoms. The summed E-state index contributed by atoms with van der Waals surface area (Å²) >= 11 is 0. The summed E-state index contributed by atoms with van der Waals surface area (Å²) < 4.78 is 5.34. The molecule has 128 valence electrons. The SMILES string of the molecule is C=C=C=C=C=C=C(OC(=O)C=C)C1CCC(c2ccc(C#N)cc2)CC1. The van der Waals surface area contributed by atoms with Crippen LogP contribution in [0.1, 0.15) is 42.7 Å². The van der Waals surface area contributed by atoms with E-state index in [1.807, 2.05) is 24.3 Å². The van der Waals surface area contributed by atoms with Crippen molar-refractivity contribution in [1.29, 1.82) is 5.26 Å². The zero-order valence-corrected chi connectivity index (χ0v) is 14.5. The molecule has 0 bridgehead atoms. The molecule has 0 aliphatic heterocycles. The maximum absolute atomic E-state index is 11.6. The smallest absolute Gasteiger partial charge is 0.335 e. The largest absolute Gasteiger partial charge is 0.418 e. The van der Waals surface area contributed by atoms with Crippen LogP contribution in [0.5, 0.6) is 0 Å². The fourth-order valence-electron chi connectivity index (χ4n) is 3.05. The van der Waals surface area contributed by atoms with E-state index in [2.05, 4.69) is 47.9 Å². The van der Waals surface area contributed by atoms with Crippen LogP contribution in [0.4, 0.5) is 0 Å². The van der Waals surface area contributed by atoms with Crippen molar-refractivity contribution in [2.45, 2.75) is 31.6 Å². The number of ether oxygens (including phenoxy) is 1. The number of rotatable bonds is 4. The molecule has 0 atom stereocenters. The third kappa shape index (κ3) is 5.29. The maximum Gasteiger partial charge on any atom is 0.335 e. The van der Waals surface area contributed by atoms with E-state index in [-0.39, 0.29) is 5.92 Å². The predicted octanol–water partition coefficient (Wildman–Crippen LogP) is 4.85. The summed E-state index contributed by atoms with van der Waals surface area (Å²) in [4.78, 5) is 11.6. The molecule has 0 saturated heterocycles. The van der Waals surface area contributed by atoms with Gasteiger partial charge in [0.25, 0.3) is 0 Å². The van der Waals surface area contributed by atoms with E-state index in [0.717, 1.165) is 31.8 Å². The Morgan fingerprint density at radius 2 is 1.81 bits per heavy atom. The minimum absolute atomic E-state index is 0.0931. The van der Waals surface area contributed by atoms with Crippen LogP contribution in [0.15, 0.2) is 77.9 Å². The van der Waals surface area contributed by atoms with E-state index in [1.54, 1.807) is 0 Å². The second kappa shape index (κ2) is 9.76. The van der Waals surface area contributed by atoms with Crippen LogP contribution in [0.3, 0.4) is 0 Å². The average Bonchev–Trinajstić information content (AvgIpc) is 2.70. The molecule has 3 nitrogen and oxygen atoms in total. The highest BCUT2D eigenvalue weighted by Crippen LogP contribution is 2.38. The Labute approximate surface area is 153 Å². The monoisotopic (exact) mass is 341 g/mol. The average molecular weight is 341 g/mol. The van der Waals surface area contributed by atoms with Crippen LogP contribution in [0, 0.1) is 17.2 Å². The van der Waals surface area contributed by atoms with Gasteiger partial charge in [0.15, 0.2) is 5.76 Å². The Kier molecular flexibility index (Phi) is 7.09. The highest BCUT2D eigenvalue weighted by molar-refractivity contribution is 5.82. The summed E-state index contributed by atoms with van der Waals surface area (Å²) in [6.45, 7) is 6.82. The van der Waals surface area contributed by atoms with E-state index < -0.39 is 5.97 Å². The number of hydrogen-bond acceptors (Lipinski definition) is 3. The van der Waals surface area contributed by atoms with E-state index >= 15 is 0 Å². The first kappa shape index (κ1) is 18.9. The van der Waals surface area contributed by atoms with Gasteiger partial charge in [-0.1, -0.05) is 24.4 Å². The van der Waals surface area contributed by atoms with Crippen molar-refractivity contribution in [2.24, 2.45) is 5.92 Å². The predicted molar refractivity (Wildman–Crippen MR) is 98.9 cm³/mol. The Morgan fingerprint density at radius 3 is 2.38 bits per heavy atom. The zero-order chi connectivity index (χ0) is 18.8. The fraction of sp³-hybridized carbons (Fsp3) is 0.261. The Balaban J connectivity index is 2.15. The van der Waals surface area contributed by atoms with Crippen molar-refractivity contribution >= 4 is 5.97 Å². The molecule has 1 aromatic carbocycles. The lowest BCUT2D eigenvalue weighted by Crippen LogP contribution is -2.17.